The molecular formula is C12H14N4. The van der Waals surface area contributed by atoms with Gasteiger partial charge in [-0.05, 0) is 11.6 Å². The average molecular weight is 214 g/mol. The van der Waals surface area contributed by atoms with Gasteiger partial charge in [0.25, 0.3) is 0 Å². The summed E-state index contributed by atoms with van der Waals surface area (Å²) in [5.74, 6) is 10.9. The van der Waals surface area contributed by atoms with E-state index in [0.717, 1.165) is 22.5 Å². The highest BCUT2D eigenvalue weighted by Crippen LogP contribution is 2.32. The number of hydrogen-bond donors (Lipinski definition) is 4. The predicted octanol–water partition coefficient (Wildman–Crippen LogP) is 1.92. The number of hydrogen-bond acceptors (Lipinski definition) is 4. The maximum absolute atomic E-state index is 5.52. The normalized spacial score (nSPS) is 9.88. The Morgan fingerprint density at radius 2 is 1.50 bits per heavy atom. The molecular weight excluding hydrogens is 200 g/mol. The molecule has 0 fully saturated rings. The third kappa shape index (κ3) is 1.84. The van der Waals surface area contributed by atoms with Gasteiger partial charge in [-0.3, -0.25) is 11.7 Å². The lowest BCUT2D eigenvalue weighted by Crippen LogP contribution is -2.14. The molecule has 2 rings (SSSR count). The van der Waals surface area contributed by atoms with Gasteiger partial charge in [0.05, 0.1) is 11.4 Å². The van der Waals surface area contributed by atoms with Gasteiger partial charge in [-0.15, -0.1) is 0 Å². The Labute approximate surface area is 94.2 Å². The van der Waals surface area contributed by atoms with Crippen molar-refractivity contribution in [3.63, 3.8) is 0 Å². The zero-order valence-corrected chi connectivity index (χ0v) is 8.77. The van der Waals surface area contributed by atoms with Gasteiger partial charge in [0.1, 0.15) is 0 Å². The number of nitrogen functional groups attached to an aromatic ring is 2. The number of rotatable bonds is 3. The van der Waals surface area contributed by atoms with Crippen LogP contribution in [0.15, 0.2) is 48.5 Å². The first kappa shape index (κ1) is 10.5. The van der Waals surface area contributed by atoms with Gasteiger partial charge in [-0.25, -0.2) is 0 Å². The zero-order valence-electron chi connectivity index (χ0n) is 8.77. The van der Waals surface area contributed by atoms with Crippen molar-refractivity contribution in [1.82, 2.24) is 0 Å². The van der Waals surface area contributed by atoms with Crippen molar-refractivity contribution in [2.75, 3.05) is 10.9 Å². The number of nitrogens with one attached hydrogen (secondary N) is 2. The molecule has 0 bridgehead atoms. The van der Waals surface area contributed by atoms with Crippen molar-refractivity contribution >= 4 is 11.4 Å². The first-order valence-electron chi connectivity index (χ1n) is 4.98. The summed E-state index contributed by atoms with van der Waals surface area (Å²) in [6.07, 6.45) is 0. The minimum absolute atomic E-state index is 0.767. The minimum Gasteiger partial charge on any atom is -0.322 e. The molecule has 4 heteroatoms. The highest BCUT2D eigenvalue weighted by molar-refractivity contribution is 5.86. The second kappa shape index (κ2) is 4.65. The summed E-state index contributed by atoms with van der Waals surface area (Å²) in [6.45, 7) is 0. The molecule has 2 aromatic rings. The summed E-state index contributed by atoms with van der Waals surface area (Å²) in [5, 5.41) is 0. The van der Waals surface area contributed by atoms with Gasteiger partial charge in [0.2, 0.25) is 0 Å². The van der Waals surface area contributed by atoms with Gasteiger partial charge in [0, 0.05) is 5.56 Å². The summed E-state index contributed by atoms with van der Waals surface area (Å²) in [4.78, 5) is 0. The van der Waals surface area contributed by atoms with E-state index in [4.69, 9.17) is 11.7 Å². The van der Waals surface area contributed by atoms with Crippen LogP contribution < -0.4 is 22.5 Å². The van der Waals surface area contributed by atoms with E-state index in [1.54, 1.807) is 0 Å². The van der Waals surface area contributed by atoms with Gasteiger partial charge >= 0.3 is 0 Å². The lowest BCUT2D eigenvalue weighted by atomic mass is 10.0. The van der Waals surface area contributed by atoms with E-state index < -0.39 is 0 Å². The van der Waals surface area contributed by atoms with Crippen LogP contribution in [0.1, 0.15) is 0 Å². The molecule has 0 radical (unpaired) electrons. The fraction of sp³-hybridized carbons (Fsp3) is 0. The highest BCUT2D eigenvalue weighted by atomic mass is 15.3. The second-order valence-corrected chi connectivity index (χ2v) is 3.38. The second-order valence-electron chi connectivity index (χ2n) is 3.38. The number of nitrogens with two attached hydrogens (primary N) is 2. The van der Waals surface area contributed by atoms with E-state index in [1.807, 2.05) is 48.5 Å². The van der Waals surface area contributed by atoms with E-state index >= 15 is 0 Å². The molecule has 82 valence electrons. The SMILES string of the molecule is NNc1cccc(-c2ccccc2)c1NN. The van der Waals surface area contributed by atoms with Crippen molar-refractivity contribution in [3.05, 3.63) is 48.5 Å². The van der Waals surface area contributed by atoms with Crippen LogP contribution in [0.4, 0.5) is 11.4 Å². The quantitative estimate of drug-likeness (QED) is 0.465. The van der Waals surface area contributed by atoms with E-state index in [9.17, 15) is 0 Å². The summed E-state index contributed by atoms with van der Waals surface area (Å²) < 4.78 is 0. The van der Waals surface area contributed by atoms with Gasteiger partial charge < -0.3 is 10.9 Å². The summed E-state index contributed by atoms with van der Waals surface area (Å²) in [5.41, 5.74) is 8.94. The van der Waals surface area contributed by atoms with Crippen LogP contribution in [0, 0.1) is 0 Å². The number of anilines is 2. The third-order valence-corrected chi connectivity index (χ3v) is 2.45. The average Bonchev–Trinajstić information content (AvgIpc) is 2.38. The highest BCUT2D eigenvalue weighted by Gasteiger charge is 2.07. The summed E-state index contributed by atoms with van der Waals surface area (Å²) in [7, 11) is 0. The van der Waals surface area contributed by atoms with Crippen molar-refractivity contribution in [3.8, 4) is 11.1 Å². The molecule has 0 aliphatic heterocycles. The number of benzene rings is 2. The Bertz CT molecular complexity index is 468. The minimum atomic E-state index is 0.767. The Morgan fingerprint density at radius 1 is 0.750 bits per heavy atom. The van der Waals surface area contributed by atoms with Crippen LogP contribution >= 0.6 is 0 Å². The fourth-order valence-corrected chi connectivity index (χ4v) is 1.69. The molecule has 6 N–H and O–H groups in total. The monoisotopic (exact) mass is 214 g/mol. The maximum atomic E-state index is 5.52. The first-order valence-corrected chi connectivity index (χ1v) is 4.98. The molecule has 0 spiro atoms. The molecule has 0 atom stereocenters. The Morgan fingerprint density at radius 3 is 2.12 bits per heavy atom. The van der Waals surface area contributed by atoms with Gasteiger partial charge in [-0.1, -0.05) is 42.5 Å². The third-order valence-electron chi connectivity index (χ3n) is 2.45. The lowest BCUT2D eigenvalue weighted by molar-refractivity contribution is 1.30. The maximum Gasteiger partial charge on any atom is 0.0810 e. The fourth-order valence-electron chi connectivity index (χ4n) is 1.69. The van der Waals surface area contributed by atoms with Crippen LogP contribution in [0.2, 0.25) is 0 Å². The Kier molecular flexibility index (Phi) is 3.05. The summed E-state index contributed by atoms with van der Waals surface area (Å²) in [6, 6.07) is 15.8. The smallest absolute Gasteiger partial charge is 0.0810 e. The van der Waals surface area contributed by atoms with Crippen LogP contribution in [-0.4, -0.2) is 0 Å². The topological polar surface area (TPSA) is 76.1 Å². The van der Waals surface area contributed by atoms with Crippen molar-refractivity contribution < 1.29 is 0 Å². The largest absolute Gasteiger partial charge is 0.322 e. The molecule has 0 saturated heterocycles. The van der Waals surface area contributed by atoms with Crippen LogP contribution in [-0.2, 0) is 0 Å². The molecule has 0 unspecified atom stereocenters. The van der Waals surface area contributed by atoms with Crippen LogP contribution in [0.5, 0.6) is 0 Å². The van der Waals surface area contributed by atoms with Crippen molar-refractivity contribution in [2.45, 2.75) is 0 Å². The Hall–Kier alpha value is -2.04. The van der Waals surface area contributed by atoms with E-state index in [1.165, 1.54) is 0 Å². The molecule has 4 nitrogen and oxygen atoms in total. The Balaban J connectivity index is 2.57. The molecule has 0 amide bonds. The zero-order chi connectivity index (χ0) is 11.4. The van der Waals surface area contributed by atoms with Gasteiger partial charge in [-0.2, -0.15) is 0 Å². The van der Waals surface area contributed by atoms with Crippen molar-refractivity contribution in [2.24, 2.45) is 11.7 Å². The van der Waals surface area contributed by atoms with E-state index in [0.29, 0.717) is 0 Å². The molecule has 0 saturated carbocycles. The first-order chi connectivity index (χ1) is 7.86. The molecule has 0 heterocycles. The molecule has 0 aliphatic carbocycles. The van der Waals surface area contributed by atoms with E-state index in [2.05, 4.69) is 10.9 Å². The van der Waals surface area contributed by atoms with Gasteiger partial charge in [0.15, 0.2) is 0 Å². The number of para-hydroxylation sites is 1. The molecule has 2 aromatic carbocycles. The lowest BCUT2D eigenvalue weighted by Gasteiger charge is -2.13. The van der Waals surface area contributed by atoms with Crippen molar-refractivity contribution in [1.29, 1.82) is 0 Å². The van der Waals surface area contributed by atoms with E-state index in [-0.39, 0.29) is 0 Å². The predicted molar refractivity (Wildman–Crippen MR) is 67.5 cm³/mol. The molecule has 0 aliphatic rings. The van der Waals surface area contributed by atoms with Crippen LogP contribution in [0.3, 0.4) is 0 Å². The standard InChI is InChI=1S/C12H14N4/c13-15-11-8-4-7-10(12(11)16-14)9-5-2-1-3-6-9/h1-8,15-16H,13-14H2. The van der Waals surface area contributed by atoms with Crippen LogP contribution in [0.25, 0.3) is 11.1 Å². The molecule has 16 heavy (non-hydrogen) atoms. The summed E-state index contributed by atoms with van der Waals surface area (Å²) >= 11 is 0. The number of hydrazine groups is 2. The molecule has 0 aromatic heterocycles.